The lowest BCUT2D eigenvalue weighted by atomic mass is 10.3. The van der Waals surface area contributed by atoms with E-state index in [9.17, 15) is 9.59 Å². The number of rotatable bonds is 7. The molecule has 0 aliphatic heterocycles. The largest absolute Gasteiger partial charge is 0.457 e. The Morgan fingerprint density at radius 1 is 1.12 bits per heavy atom. The highest BCUT2D eigenvalue weighted by Crippen LogP contribution is 2.29. The van der Waals surface area contributed by atoms with Gasteiger partial charge in [-0.25, -0.2) is 19.7 Å². The van der Waals surface area contributed by atoms with E-state index in [1.807, 2.05) is 6.07 Å². The minimum absolute atomic E-state index is 0.332. The maximum Gasteiger partial charge on any atom is 0.325 e. The summed E-state index contributed by atoms with van der Waals surface area (Å²) in [5.74, 6) is 1.84. The van der Waals surface area contributed by atoms with Crippen molar-refractivity contribution in [2.45, 2.75) is 0 Å². The van der Waals surface area contributed by atoms with Crippen LogP contribution in [0.1, 0.15) is 0 Å². The number of carbonyl (C=O) groups is 2. The Hall–Kier alpha value is -4.64. The topological polar surface area (TPSA) is 125 Å². The molecular weight excluding hydrogens is 444 g/mol. The first-order valence-corrected chi connectivity index (χ1v) is 10.6. The summed E-state index contributed by atoms with van der Waals surface area (Å²) in [6, 6.07) is 15.3. The summed E-state index contributed by atoms with van der Waals surface area (Å²) in [7, 11) is 0. The van der Waals surface area contributed by atoms with E-state index >= 15 is 0 Å². The van der Waals surface area contributed by atoms with Crippen LogP contribution in [0.5, 0.6) is 11.5 Å². The van der Waals surface area contributed by atoms with Crippen LogP contribution < -0.4 is 20.3 Å². The molecule has 5 rings (SSSR count). The van der Waals surface area contributed by atoms with Crippen LogP contribution in [0, 0.1) is 0 Å². The average molecular weight is 460 g/mol. The fourth-order valence-electron chi connectivity index (χ4n) is 3.05. The van der Waals surface area contributed by atoms with Crippen LogP contribution in [0.15, 0.2) is 76.9 Å². The minimum atomic E-state index is -0.377. The molecular formula is C22H16N6O4S. The lowest BCUT2D eigenvalue weighted by Crippen LogP contribution is -2.19. The van der Waals surface area contributed by atoms with Gasteiger partial charge >= 0.3 is 6.03 Å². The number of amides is 3. The lowest BCUT2D eigenvalue weighted by molar-refractivity contribution is -0.107. The Bertz CT molecular complexity index is 1380. The van der Waals surface area contributed by atoms with Gasteiger partial charge in [0.2, 0.25) is 18.2 Å². The second-order valence-corrected chi connectivity index (χ2v) is 7.60. The number of hydrogen-bond donors (Lipinski definition) is 3. The molecule has 0 bridgehead atoms. The van der Waals surface area contributed by atoms with Gasteiger partial charge in [-0.05, 0) is 42.5 Å². The lowest BCUT2D eigenvalue weighted by Gasteiger charge is -2.09. The zero-order valence-corrected chi connectivity index (χ0v) is 17.7. The summed E-state index contributed by atoms with van der Waals surface area (Å²) in [5.41, 5.74) is 1.97. The fourth-order valence-corrected chi connectivity index (χ4v) is 3.57. The molecule has 0 radical (unpaired) electrons. The van der Waals surface area contributed by atoms with Gasteiger partial charge in [-0.2, -0.15) is 0 Å². The van der Waals surface area contributed by atoms with E-state index in [2.05, 4.69) is 25.6 Å². The quantitative estimate of drug-likeness (QED) is 0.281. The smallest absolute Gasteiger partial charge is 0.325 e. The second-order valence-electron chi connectivity index (χ2n) is 6.71. The standard InChI is InChI=1S/C22H16N6O4S/c29-13-28(19-2-1-10-31-19)20-25-17-8-7-16(12-18(17)26-20)32-15-5-3-14(4-6-15)24-21(30)27-22-23-9-11-33-22/h1-13H,(H,25,26)(H2,23,24,27,30). The molecule has 0 aliphatic rings. The summed E-state index contributed by atoms with van der Waals surface area (Å²) >= 11 is 1.33. The van der Waals surface area contributed by atoms with Crippen molar-refractivity contribution in [3.63, 3.8) is 0 Å². The number of imidazole rings is 1. The second kappa shape index (κ2) is 8.85. The molecule has 0 fully saturated rings. The van der Waals surface area contributed by atoms with Crippen molar-refractivity contribution in [2.75, 3.05) is 15.5 Å². The molecule has 33 heavy (non-hydrogen) atoms. The number of urea groups is 1. The number of H-pyrrole nitrogens is 1. The fraction of sp³-hybridized carbons (Fsp3) is 0. The first-order chi connectivity index (χ1) is 16.2. The number of aromatic nitrogens is 3. The van der Waals surface area contributed by atoms with E-state index in [0.29, 0.717) is 46.1 Å². The van der Waals surface area contributed by atoms with Crippen LogP contribution >= 0.6 is 11.3 Å². The first kappa shape index (κ1) is 20.3. The number of furan rings is 1. The van der Waals surface area contributed by atoms with E-state index in [4.69, 9.17) is 9.15 Å². The van der Waals surface area contributed by atoms with Gasteiger partial charge in [0.25, 0.3) is 0 Å². The SMILES string of the molecule is O=CN(c1nc2cc(Oc3ccc(NC(=O)Nc4nccs4)cc3)ccc2[nH]1)c1ccco1. The van der Waals surface area contributed by atoms with Crippen LogP contribution in [0.3, 0.4) is 0 Å². The van der Waals surface area contributed by atoms with Gasteiger partial charge in [-0.1, -0.05) is 0 Å². The summed E-state index contributed by atoms with van der Waals surface area (Å²) in [4.78, 5) is 36.3. The molecule has 0 unspecified atom stereocenters. The van der Waals surface area contributed by atoms with E-state index in [1.54, 1.807) is 60.1 Å². The van der Waals surface area contributed by atoms with Crippen LogP contribution in [-0.2, 0) is 4.79 Å². The zero-order valence-electron chi connectivity index (χ0n) is 16.9. The number of hydrogen-bond acceptors (Lipinski definition) is 7. The van der Waals surface area contributed by atoms with Gasteiger partial charge in [-0.3, -0.25) is 10.1 Å². The Kier molecular flexibility index (Phi) is 5.43. The number of nitrogens with one attached hydrogen (secondary N) is 3. The summed E-state index contributed by atoms with van der Waals surface area (Å²) in [6.45, 7) is 0. The highest BCUT2D eigenvalue weighted by molar-refractivity contribution is 7.13. The van der Waals surface area contributed by atoms with Gasteiger partial charge in [0.1, 0.15) is 11.5 Å². The molecule has 0 atom stereocenters. The van der Waals surface area contributed by atoms with Crippen molar-refractivity contribution in [1.29, 1.82) is 0 Å². The molecule has 3 heterocycles. The minimum Gasteiger partial charge on any atom is -0.457 e. The molecule has 164 valence electrons. The number of thiazole rings is 1. The molecule has 11 heteroatoms. The third-order valence-electron chi connectivity index (χ3n) is 4.52. The Morgan fingerprint density at radius 3 is 2.70 bits per heavy atom. The number of ether oxygens (including phenoxy) is 1. The van der Waals surface area contributed by atoms with Crippen LogP contribution in [0.25, 0.3) is 11.0 Å². The number of aromatic amines is 1. The summed E-state index contributed by atoms with van der Waals surface area (Å²) < 4.78 is 11.2. The number of benzene rings is 2. The van der Waals surface area contributed by atoms with Crippen LogP contribution in [-0.4, -0.2) is 27.4 Å². The molecule has 0 aliphatic carbocycles. The number of carbonyl (C=O) groups excluding carboxylic acids is 2. The van der Waals surface area contributed by atoms with Crippen LogP contribution in [0.4, 0.5) is 27.4 Å². The highest BCUT2D eigenvalue weighted by Gasteiger charge is 2.15. The molecule has 0 saturated carbocycles. The molecule has 2 aromatic carbocycles. The van der Waals surface area contributed by atoms with Crippen LogP contribution in [0.2, 0.25) is 0 Å². The predicted octanol–water partition coefficient (Wildman–Crippen LogP) is 5.34. The molecule has 0 saturated heterocycles. The van der Waals surface area contributed by atoms with Gasteiger partial charge in [0.15, 0.2) is 5.13 Å². The van der Waals surface area contributed by atoms with Gasteiger partial charge in [0.05, 0.1) is 17.3 Å². The van der Waals surface area contributed by atoms with Gasteiger partial charge in [0, 0.05) is 29.4 Å². The van der Waals surface area contributed by atoms with Crippen molar-refractivity contribution < 1.29 is 18.7 Å². The monoisotopic (exact) mass is 460 g/mol. The molecule has 10 nitrogen and oxygen atoms in total. The van der Waals surface area contributed by atoms with E-state index in [1.165, 1.54) is 22.5 Å². The summed E-state index contributed by atoms with van der Waals surface area (Å²) in [5, 5.41) is 7.68. The molecule has 5 aromatic rings. The normalized spacial score (nSPS) is 10.7. The zero-order chi connectivity index (χ0) is 22.6. The van der Waals surface area contributed by atoms with Crippen molar-refractivity contribution >= 4 is 57.5 Å². The van der Waals surface area contributed by atoms with Gasteiger partial charge in [-0.15, -0.1) is 11.3 Å². The van der Waals surface area contributed by atoms with Crippen molar-refractivity contribution in [1.82, 2.24) is 15.0 Å². The molecule has 3 amide bonds. The average Bonchev–Trinajstić information content (AvgIpc) is 3.58. The first-order valence-electron chi connectivity index (χ1n) is 9.71. The third kappa shape index (κ3) is 4.52. The van der Waals surface area contributed by atoms with E-state index in [0.717, 1.165) is 5.52 Å². The summed E-state index contributed by atoms with van der Waals surface area (Å²) in [6.07, 6.45) is 3.72. The van der Waals surface area contributed by atoms with E-state index < -0.39 is 0 Å². The Morgan fingerprint density at radius 2 is 1.97 bits per heavy atom. The Balaban J connectivity index is 1.27. The maximum absolute atomic E-state index is 12.0. The Labute approximate surface area is 190 Å². The highest BCUT2D eigenvalue weighted by atomic mass is 32.1. The molecule has 0 spiro atoms. The predicted molar refractivity (Wildman–Crippen MR) is 124 cm³/mol. The number of nitrogens with zero attached hydrogens (tertiary/aromatic N) is 3. The van der Waals surface area contributed by atoms with Gasteiger partial charge < -0.3 is 19.5 Å². The van der Waals surface area contributed by atoms with E-state index in [-0.39, 0.29) is 6.03 Å². The number of fused-ring (bicyclic) bond motifs is 1. The molecule has 3 aromatic heterocycles. The van der Waals surface area contributed by atoms with Crippen molar-refractivity contribution in [3.8, 4) is 11.5 Å². The van der Waals surface area contributed by atoms with Crippen molar-refractivity contribution in [2.24, 2.45) is 0 Å². The third-order valence-corrected chi connectivity index (χ3v) is 5.21. The van der Waals surface area contributed by atoms with Crippen molar-refractivity contribution in [3.05, 3.63) is 72.4 Å². The maximum atomic E-state index is 12.0. The number of anilines is 4. The molecule has 3 N–H and O–H groups in total.